The SMILES string of the molecule is Nc1nc(-c2ccccc2)c(-c2cc(Cl)c3[nH]ncc3c2)nc1NC(=O)CN1CCCC1=O. The normalized spacial score (nSPS) is 13.6. The maximum atomic E-state index is 12.6. The van der Waals surface area contributed by atoms with E-state index in [2.05, 4.69) is 25.5 Å². The van der Waals surface area contributed by atoms with Gasteiger partial charge in [-0.15, -0.1) is 0 Å². The van der Waals surface area contributed by atoms with E-state index in [1.807, 2.05) is 36.4 Å². The summed E-state index contributed by atoms with van der Waals surface area (Å²) in [7, 11) is 0. The summed E-state index contributed by atoms with van der Waals surface area (Å²) in [6.45, 7) is 0.511. The fraction of sp³-hybridized carbons (Fsp3) is 0.174. The molecule has 0 radical (unpaired) electrons. The van der Waals surface area contributed by atoms with Gasteiger partial charge in [-0.2, -0.15) is 5.10 Å². The van der Waals surface area contributed by atoms with Crippen molar-refractivity contribution in [3.8, 4) is 22.5 Å². The largest absolute Gasteiger partial charge is 0.381 e. The number of H-pyrrole nitrogens is 1. The van der Waals surface area contributed by atoms with Gasteiger partial charge in [0.15, 0.2) is 11.6 Å². The second kappa shape index (κ2) is 8.51. The summed E-state index contributed by atoms with van der Waals surface area (Å²) in [6.07, 6.45) is 2.89. The van der Waals surface area contributed by atoms with Crippen molar-refractivity contribution in [2.24, 2.45) is 0 Å². The maximum absolute atomic E-state index is 12.6. The van der Waals surface area contributed by atoms with Crippen LogP contribution in [0.15, 0.2) is 48.7 Å². The number of carbonyl (C=O) groups excluding carboxylic acids is 2. The van der Waals surface area contributed by atoms with Gasteiger partial charge in [0.25, 0.3) is 0 Å². The molecule has 0 saturated carbocycles. The van der Waals surface area contributed by atoms with Crippen molar-refractivity contribution in [1.82, 2.24) is 25.1 Å². The Morgan fingerprint density at radius 3 is 2.70 bits per heavy atom. The van der Waals surface area contributed by atoms with Crippen molar-refractivity contribution >= 4 is 46.0 Å². The number of nitrogens with zero attached hydrogens (tertiary/aromatic N) is 4. The number of aromatic amines is 1. The molecule has 0 unspecified atom stereocenters. The van der Waals surface area contributed by atoms with E-state index in [0.29, 0.717) is 40.5 Å². The zero-order valence-electron chi connectivity index (χ0n) is 17.5. The van der Waals surface area contributed by atoms with E-state index in [1.165, 1.54) is 4.90 Å². The van der Waals surface area contributed by atoms with Gasteiger partial charge < -0.3 is 16.0 Å². The fourth-order valence-corrected chi connectivity index (χ4v) is 4.17. The molecule has 0 atom stereocenters. The third kappa shape index (κ3) is 4.10. The second-order valence-electron chi connectivity index (χ2n) is 7.78. The highest BCUT2D eigenvalue weighted by Gasteiger charge is 2.24. The molecule has 0 spiro atoms. The van der Waals surface area contributed by atoms with Gasteiger partial charge in [0, 0.05) is 29.5 Å². The van der Waals surface area contributed by atoms with E-state index in [1.54, 1.807) is 12.3 Å². The van der Waals surface area contributed by atoms with Crippen molar-refractivity contribution in [3.05, 3.63) is 53.7 Å². The predicted molar refractivity (Wildman–Crippen MR) is 126 cm³/mol. The molecule has 0 bridgehead atoms. The van der Waals surface area contributed by atoms with E-state index in [-0.39, 0.29) is 30.0 Å². The Kier molecular flexibility index (Phi) is 5.39. The van der Waals surface area contributed by atoms with Crippen molar-refractivity contribution < 1.29 is 9.59 Å². The number of hydrogen-bond acceptors (Lipinski definition) is 6. The lowest BCUT2D eigenvalue weighted by Gasteiger charge is -2.17. The molecule has 166 valence electrons. The van der Waals surface area contributed by atoms with Gasteiger partial charge in [-0.25, -0.2) is 9.97 Å². The van der Waals surface area contributed by atoms with E-state index >= 15 is 0 Å². The molecule has 2 aromatic heterocycles. The third-order valence-electron chi connectivity index (χ3n) is 5.51. The van der Waals surface area contributed by atoms with Gasteiger partial charge in [-0.05, 0) is 18.6 Å². The van der Waals surface area contributed by atoms with Crippen LogP contribution in [0.2, 0.25) is 5.02 Å². The highest BCUT2D eigenvalue weighted by atomic mass is 35.5. The number of nitrogens with two attached hydrogens (primary N) is 1. The van der Waals surface area contributed by atoms with Crippen LogP contribution in [0.1, 0.15) is 12.8 Å². The summed E-state index contributed by atoms with van der Waals surface area (Å²) in [5, 5.41) is 10.9. The van der Waals surface area contributed by atoms with Crippen LogP contribution in [0.3, 0.4) is 0 Å². The van der Waals surface area contributed by atoms with Crippen LogP contribution in [0.4, 0.5) is 11.6 Å². The van der Waals surface area contributed by atoms with Crippen molar-refractivity contribution in [2.45, 2.75) is 12.8 Å². The number of fused-ring (bicyclic) bond motifs is 1. The van der Waals surface area contributed by atoms with Crippen molar-refractivity contribution in [3.63, 3.8) is 0 Å². The number of halogens is 1. The molecule has 1 fully saturated rings. The molecule has 2 aromatic carbocycles. The number of anilines is 2. The minimum atomic E-state index is -0.381. The number of hydrogen-bond donors (Lipinski definition) is 3. The highest BCUT2D eigenvalue weighted by Crippen LogP contribution is 2.35. The summed E-state index contributed by atoms with van der Waals surface area (Å²) >= 11 is 6.46. The second-order valence-corrected chi connectivity index (χ2v) is 8.19. The number of aromatic nitrogens is 4. The third-order valence-corrected chi connectivity index (χ3v) is 5.81. The fourth-order valence-electron chi connectivity index (χ4n) is 3.91. The van der Waals surface area contributed by atoms with Crippen LogP contribution in [0, 0.1) is 0 Å². The average molecular weight is 462 g/mol. The minimum Gasteiger partial charge on any atom is -0.381 e. The smallest absolute Gasteiger partial charge is 0.245 e. The molecule has 4 aromatic rings. The zero-order chi connectivity index (χ0) is 22.9. The molecule has 2 amide bonds. The number of benzene rings is 2. The molecule has 5 rings (SSSR count). The van der Waals surface area contributed by atoms with Crippen LogP contribution < -0.4 is 11.1 Å². The molecule has 3 heterocycles. The Labute approximate surface area is 194 Å². The van der Waals surface area contributed by atoms with Crippen LogP contribution in [0.5, 0.6) is 0 Å². The topological polar surface area (TPSA) is 130 Å². The molecular weight excluding hydrogens is 442 g/mol. The lowest BCUT2D eigenvalue weighted by molar-refractivity contribution is -0.131. The molecule has 9 nitrogen and oxygen atoms in total. The van der Waals surface area contributed by atoms with Gasteiger partial charge in [-0.3, -0.25) is 14.7 Å². The first-order valence-electron chi connectivity index (χ1n) is 10.4. The Morgan fingerprint density at radius 2 is 1.94 bits per heavy atom. The Balaban J connectivity index is 1.57. The first-order valence-corrected chi connectivity index (χ1v) is 10.8. The van der Waals surface area contributed by atoms with E-state index in [9.17, 15) is 9.59 Å². The standard InChI is InChI=1S/C23H20ClN7O2/c24-16-10-14(9-15-11-26-30-19(15)16)21-20(13-5-2-1-3-6-13)28-22(25)23(29-21)27-17(32)12-31-8-4-7-18(31)33/h1-3,5-6,9-11H,4,7-8,12H2,(H2,25,28)(H,26,30)(H,27,29,32). The number of likely N-dealkylation sites (tertiary alicyclic amines) is 1. The lowest BCUT2D eigenvalue weighted by Crippen LogP contribution is -2.34. The van der Waals surface area contributed by atoms with Crippen LogP contribution in [-0.2, 0) is 9.59 Å². The minimum absolute atomic E-state index is 0.0348. The van der Waals surface area contributed by atoms with E-state index in [4.69, 9.17) is 17.3 Å². The number of rotatable bonds is 5. The summed E-state index contributed by atoms with van der Waals surface area (Å²) in [4.78, 5) is 35.2. The van der Waals surface area contributed by atoms with Gasteiger partial charge in [0.1, 0.15) is 0 Å². The molecule has 0 aliphatic carbocycles. The first-order chi connectivity index (χ1) is 16.0. The molecular formula is C23H20ClN7O2. The number of nitrogens with one attached hydrogen (secondary N) is 2. The predicted octanol–water partition coefficient (Wildman–Crippen LogP) is 3.48. The maximum Gasteiger partial charge on any atom is 0.245 e. The highest BCUT2D eigenvalue weighted by molar-refractivity contribution is 6.35. The summed E-state index contributed by atoms with van der Waals surface area (Å²) in [5.41, 5.74) is 9.48. The van der Waals surface area contributed by atoms with Crippen molar-refractivity contribution in [1.29, 1.82) is 0 Å². The van der Waals surface area contributed by atoms with Gasteiger partial charge in [-0.1, -0.05) is 41.9 Å². The Morgan fingerprint density at radius 1 is 1.15 bits per heavy atom. The summed E-state index contributed by atoms with van der Waals surface area (Å²) in [6, 6.07) is 13.2. The Hall–Kier alpha value is -3.98. The lowest BCUT2D eigenvalue weighted by atomic mass is 10.0. The molecule has 1 aliphatic heterocycles. The molecule has 1 saturated heterocycles. The van der Waals surface area contributed by atoms with E-state index < -0.39 is 0 Å². The monoisotopic (exact) mass is 461 g/mol. The summed E-state index contributed by atoms with van der Waals surface area (Å²) < 4.78 is 0. The molecule has 4 N–H and O–H groups in total. The number of carbonyl (C=O) groups is 2. The number of amides is 2. The zero-order valence-corrected chi connectivity index (χ0v) is 18.3. The van der Waals surface area contributed by atoms with E-state index in [0.717, 1.165) is 17.4 Å². The number of nitrogen functional groups attached to an aromatic ring is 1. The average Bonchev–Trinajstić information content (AvgIpc) is 3.45. The molecule has 33 heavy (non-hydrogen) atoms. The van der Waals surface area contributed by atoms with Crippen LogP contribution in [0.25, 0.3) is 33.4 Å². The molecule has 1 aliphatic rings. The van der Waals surface area contributed by atoms with Gasteiger partial charge >= 0.3 is 0 Å². The molecule has 10 heteroatoms. The van der Waals surface area contributed by atoms with Gasteiger partial charge in [0.05, 0.1) is 34.7 Å². The quantitative estimate of drug-likeness (QED) is 0.417. The van der Waals surface area contributed by atoms with Crippen LogP contribution >= 0.6 is 11.6 Å². The van der Waals surface area contributed by atoms with Crippen molar-refractivity contribution in [2.75, 3.05) is 24.1 Å². The van der Waals surface area contributed by atoms with Crippen LogP contribution in [-0.4, -0.2) is 50.0 Å². The summed E-state index contributed by atoms with van der Waals surface area (Å²) in [5.74, 6) is -0.209. The first kappa shape index (κ1) is 20.9. The van der Waals surface area contributed by atoms with Gasteiger partial charge in [0.2, 0.25) is 11.8 Å². The Bertz CT molecular complexity index is 1370.